The van der Waals surface area contributed by atoms with Crippen molar-refractivity contribution in [1.82, 2.24) is 9.88 Å². The third-order valence-electron chi connectivity index (χ3n) is 7.85. The summed E-state index contributed by atoms with van der Waals surface area (Å²) in [6.07, 6.45) is 5.14. The molecule has 5 rings (SSSR count). The highest BCUT2D eigenvalue weighted by Crippen LogP contribution is 2.46. The van der Waals surface area contributed by atoms with Gasteiger partial charge in [0.25, 0.3) is 0 Å². The van der Waals surface area contributed by atoms with Crippen molar-refractivity contribution in [2.24, 2.45) is 0 Å². The molecule has 3 aliphatic rings. The number of hydrogen-bond donors (Lipinski definition) is 1. The Balaban J connectivity index is 1.45. The van der Waals surface area contributed by atoms with E-state index in [2.05, 4.69) is 67.8 Å². The van der Waals surface area contributed by atoms with E-state index in [1.54, 1.807) is 0 Å². The van der Waals surface area contributed by atoms with E-state index >= 15 is 0 Å². The normalized spacial score (nSPS) is 27.6. The molecule has 4 heteroatoms. The molecule has 1 N–H and O–H groups in total. The van der Waals surface area contributed by atoms with Crippen LogP contribution in [-0.4, -0.2) is 53.3 Å². The zero-order valence-corrected chi connectivity index (χ0v) is 18.9. The van der Waals surface area contributed by atoms with Crippen LogP contribution in [-0.2, 0) is 10.8 Å². The van der Waals surface area contributed by atoms with Crippen molar-refractivity contribution in [1.29, 1.82) is 0 Å². The molecule has 3 heterocycles. The van der Waals surface area contributed by atoms with E-state index in [-0.39, 0.29) is 16.9 Å². The molecule has 2 aliphatic heterocycles. The van der Waals surface area contributed by atoms with Crippen molar-refractivity contribution in [2.75, 3.05) is 31.1 Å². The quantitative estimate of drug-likeness (QED) is 0.806. The zero-order valence-electron chi connectivity index (χ0n) is 18.9. The first kappa shape index (κ1) is 20.0. The molecule has 2 atom stereocenters. The first-order valence-corrected chi connectivity index (χ1v) is 11.5. The van der Waals surface area contributed by atoms with Crippen LogP contribution in [0.3, 0.4) is 0 Å². The molecule has 0 bridgehead atoms. The number of aromatic nitrogens is 1. The Labute approximate surface area is 180 Å². The predicted octanol–water partition coefficient (Wildman–Crippen LogP) is 4.35. The minimum absolute atomic E-state index is 0.169. The lowest BCUT2D eigenvalue weighted by molar-refractivity contribution is 0.173. The largest absolute Gasteiger partial charge is 0.392 e. The minimum atomic E-state index is -0.169. The zero-order chi connectivity index (χ0) is 21.1. The molecule has 0 amide bonds. The molecular formula is C26H35N3O. The van der Waals surface area contributed by atoms with Crippen molar-refractivity contribution in [3.63, 3.8) is 0 Å². The fraction of sp³-hybridized carbons (Fsp3) is 0.577. The van der Waals surface area contributed by atoms with Gasteiger partial charge in [0, 0.05) is 38.4 Å². The first-order chi connectivity index (χ1) is 14.2. The van der Waals surface area contributed by atoms with E-state index in [4.69, 9.17) is 4.98 Å². The Bertz CT molecular complexity index is 951. The topological polar surface area (TPSA) is 39.6 Å². The summed E-state index contributed by atoms with van der Waals surface area (Å²) in [4.78, 5) is 9.53. The van der Waals surface area contributed by atoms with Gasteiger partial charge in [-0.25, -0.2) is 4.98 Å². The van der Waals surface area contributed by atoms with Crippen molar-refractivity contribution in [3.05, 3.63) is 47.7 Å². The number of pyridine rings is 1. The molecule has 0 spiro atoms. The highest BCUT2D eigenvalue weighted by molar-refractivity contribution is 5.69. The molecule has 1 aromatic carbocycles. The maximum absolute atomic E-state index is 10.0. The molecule has 0 unspecified atom stereocenters. The maximum Gasteiger partial charge on any atom is 0.129 e. The highest BCUT2D eigenvalue weighted by atomic mass is 16.3. The lowest BCUT2D eigenvalue weighted by Gasteiger charge is -2.42. The molecule has 160 valence electrons. The summed E-state index contributed by atoms with van der Waals surface area (Å²) in [5.41, 5.74) is 6.01. The number of benzene rings is 1. The van der Waals surface area contributed by atoms with Crippen LogP contribution in [0.1, 0.15) is 58.1 Å². The predicted molar refractivity (Wildman–Crippen MR) is 123 cm³/mol. The number of rotatable bonds is 2. The maximum atomic E-state index is 10.0. The van der Waals surface area contributed by atoms with E-state index in [9.17, 15) is 5.11 Å². The second-order valence-corrected chi connectivity index (χ2v) is 10.9. The molecule has 4 nitrogen and oxygen atoms in total. The SMILES string of the molecule is CC1(C)CCC(C)(C)c2cc(-c3ccnc(N4CCN5C[C@@H](O)C[C@H]5C4)c3)ccc21. The van der Waals surface area contributed by atoms with Crippen LogP contribution >= 0.6 is 0 Å². The van der Waals surface area contributed by atoms with E-state index in [0.29, 0.717) is 6.04 Å². The second-order valence-electron chi connectivity index (χ2n) is 10.9. The van der Waals surface area contributed by atoms with Gasteiger partial charge in [0.1, 0.15) is 5.82 Å². The number of nitrogens with zero attached hydrogens (tertiary/aromatic N) is 3. The van der Waals surface area contributed by atoms with Crippen LogP contribution in [0.25, 0.3) is 11.1 Å². The molecule has 2 saturated heterocycles. The third kappa shape index (κ3) is 3.44. The number of hydrogen-bond acceptors (Lipinski definition) is 4. The van der Waals surface area contributed by atoms with Gasteiger partial charge in [-0.05, 0) is 64.5 Å². The molecular weight excluding hydrogens is 370 g/mol. The number of piperazine rings is 1. The van der Waals surface area contributed by atoms with Gasteiger partial charge in [-0.15, -0.1) is 0 Å². The van der Waals surface area contributed by atoms with E-state index in [1.165, 1.54) is 35.1 Å². The van der Waals surface area contributed by atoms with Crippen LogP contribution < -0.4 is 4.90 Å². The van der Waals surface area contributed by atoms with E-state index in [0.717, 1.165) is 38.4 Å². The van der Waals surface area contributed by atoms with Crippen LogP contribution in [0.4, 0.5) is 5.82 Å². The van der Waals surface area contributed by atoms with Crippen LogP contribution in [0, 0.1) is 0 Å². The summed E-state index contributed by atoms with van der Waals surface area (Å²) in [5, 5.41) is 10.0. The van der Waals surface area contributed by atoms with Crippen LogP contribution in [0.5, 0.6) is 0 Å². The summed E-state index contributed by atoms with van der Waals surface area (Å²) in [6, 6.07) is 11.9. The van der Waals surface area contributed by atoms with E-state index < -0.39 is 0 Å². The van der Waals surface area contributed by atoms with E-state index in [1.807, 2.05) is 6.20 Å². The fourth-order valence-electron chi connectivity index (χ4n) is 5.76. The van der Waals surface area contributed by atoms with Gasteiger partial charge < -0.3 is 10.0 Å². The average molecular weight is 406 g/mol. The second kappa shape index (κ2) is 7.06. The number of anilines is 1. The van der Waals surface area contributed by atoms with Crippen molar-refractivity contribution in [3.8, 4) is 11.1 Å². The summed E-state index contributed by atoms with van der Waals surface area (Å²) < 4.78 is 0. The summed E-state index contributed by atoms with van der Waals surface area (Å²) in [5.74, 6) is 1.06. The van der Waals surface area contributed by atoms with Gasteiger partial charge in [-0.2, -0.15) is 0 Å². The lowest BCUT2D eigenvalue weighted by Crippen LogP contribution is -2.50. The Morgan fingerprint density at radius 2 is 1.63 bits per heavy atom. The summed E-state index contributed by atoms with van der Waals surface area (Å²) in [6.45, 7) is 13.3. The molecule has 1 aliphatic carbocycles. The van der Waals surface area contributed by atoms with Crippen LogP contribution in [0.2, 0.25) is 0 Å². The van der Waals surface area contributed by atoms with Crippen molar-refractivity contribution < 1.29 is 5.11 Å². The van der Waals surface area contributed by atoms with Crippen molar-refractivity contribution >= 4 is 5.82 Å². The highest BCUT2D eigenvalue weighted by Gasteiger charge is 2.37. The Kier molecular flexibility index (Phi) is 4.71. The molecule has 1 aromatic heterocycles. The number of aliphatic hydroxyl groups is 1. The smallest absolute Gasteiger partial charge is 0.129 e. The lowest BCUT2D eigenvalue weighted by atomic mass is 9.63. The minimum Gasteiger partial charge on any atom is -0.392 e. The summed E-state index contributed by atoms with van der Waals surface area (Å²) in [7, 11) is 0. The van der Waals surface area contributed by atoms with Gasteiger partial charge in [0.2, 0.25) is 0 Å². The molecule has 0 radical (unpaired) electrons. The van der Waals surface area contributed by atoms with Gasteiger partial charge in [0.15, 0.2) is 0 Å². The summed E-state index contributed by atoms with van der Waals surface area (Å²) >= 11 is 0. The Morgan fingerprint density at radius 3 is 2.43 bits per heavy atom. The molecule has 30 heavy (non-hydrogen) atoms. The Morgan fingerprint density at radius 1 is 0.900 bits per heavy atom. The fourth-order valence-corrected chi connectivity index (χ4v) is 5.76. The third-order valence-corrected chi connectivity index (χ3v) is 7.85. The average Bonchev–Trinajstić information content (AvgIpc) is 3.10. The standard InChI is InChI=1S/C26H35N3O/c1-25(2)8-9-26(3,4)23-13-18(5-6-22(23)25)19-7-10-27-24(14-19)29-12-11-28-17-21(30)15-20(28)16-29/h5-7,10,13-14,20-21,30H,8-9,11-12,15-17H2,1-4H3/t20-,21-/m0/s1. The number of fused-ring (bicyclic) bond motifs is 2. The first-order valence-electron chi connectivity index (χ1n) is 11.5. The van der Waals surface area contributed by atoms with Crippen molar-refractivity contribution in [2.45, 2.75) is 69.9 Å². The van der Waals surface area contributed by atoms with Gasteiger partial charge >= 0.3 is 0 Å². The molecule has 2 fully saturated rings. The monoisotopic (exact) mass is 405 g/mol. The molecule has 2 aromatic rings. The molecule has 0 saturated carbocycles. The van der Waals surface area contributed by atoms with Gasteiger partial charge in [0.05, 0.1) is 6.10 Å². The Hall–Kier alpha value is -1.91. The van der Waals surface area contributed by atoms with Gasteiger partial charge in [-0.1, -0.05) is 45.9 Å². The van der Waals surface area contributed by atoms with Gasteiger partial charge in [-0.3, -0.25) is 4.90 Å². The van der Waals surface area contributed by atoms with Crippen LogP contribution in [0.15, 0.2) is 36.5 Å². The number of aliphatic hydroxyl groups excluding tert-OH is 1.